The fraction of sp³-hybridized carbons (Fsp3) is 0.182. The van der Waals surface area contributed by atoms with Crippen LogP contribution in [0.1, 0.15) is 17.3 Å². The Balaban J connectivity index is 2.94. The molecule has 16 heavy (non-hydrogen) atoms. The van der Waals surface area contributed by atoms with Crippen LogP contribution in [0.25, 0.3) is 11.0 Å². The molecule has 0 aliphatic heterocycles. The molecule has 1 N–H and O–H groups in total. The van der Waals surface area contributed by atoms with E-state index in [4.69, 9.17) is 5.11 Å². The molecule has 0 aliphatic rings. The van der Waals surface area contributed by atoms with Gasteiger partial charge in [-0.05, 0) is 19.1 Å². The highest BCUT2D eigenvalue weighted by molar-refractivity contribution is 5.91. The summed E-state index contributed by atoms with van der Waals surface area (Å²) in [6.45, 7) is 2.46. The van der Waals surface area contributed by atoms with Crippen LogP contribution < -0.4 is 5.43 Å². The molecule has 2 aromatic rings. The van der Waals surface area contributed by atoms with Crippen molar-refractivity contribution in [2.45, 2.75) is 13.5 Å². The lowest BCUT2D eigenvalue weighted by atomic mass is 10.2. The highest BCUT2D eigenvalue weighted by Gasteiger charge is 2.14. The molecule has 0 amide bonds. The summed E-state index contributed by atoms with van der Waals surface area (Å²) in [6.07, 6.45) is 2.84. The van der Waals surface area contributed by atoms with E-state index in [-0.39, 0.29) is 11.1 Å². The monoisotopic (exact) mass is 218 g/mol. The average molecular weight is 218 g/mol. The number of fused-ring (bicyclic) bond motifs is 1. The minimum atomic E-state index is -1.22. The Morgan fingerprint density at radius 2 is 2.31 bits per heavy atom. The van der Waals surface area contributed by atoms with E-state index in [9.17, 15) is 9.59 Å². The van der Waals surface area contributed by atoms with E-state index in [0.29, 0.717) is 12.1 Å². The van der Waals surface area contributed by atoms with Crippen LogP contribution in [0.5, 0.6) is 0 Å². The molecule has 82 valence electrons. The Labute approximate surface area is 91.0 Å². The SMILES string of the molecule is CCn1cc(C(=O)O)c(=O)c2ncccc21. The van der Waals surface area contributed by atoms with Gasteiger partial charge in [0.1, 0.15) is 11.1 Å². The molecule has 0 aliphatic carbocycles. The third kappa shape index (κ3) is 1.46. The molecular formula is C11H10N2O3. The lowest BCUT2D eigenvalue weighted by Gasteiger charge is -2.08. The summed E-state index contributed by atoms with van der Waals surface area (Å²) in [5, 5.41) is 8.90. The zero-order valence-corrected chi connectivity index (χ0v) is 8.67. The second-order valence-corrected chi connectivity index (χ2v) is 3.33. The fourth-order valence-electron chi connectivity index (χ4n) is 1.63. The Morgan fingerprint density at radius 3 is 2.94 bits per heavy atom. The van der Waals surface area contributed by atoms with Crippen LogP contribution in [0, 0.1) is 0 Å². The summed E-state index contributed by atoms with van der Waals surface area (Å²) in [6, 6.07) is 3.47. The maximum atomic E-state index is 11.8. The molecule has 0 saturated heterocycles. The van der Waals surface area contributed by atoms with Crippen LogP contribution in [-0.4, -0.2) is 20.6 Å². The van der Waals surface area contributed by atoms with Gasteiger partial charge in [-0.25, -0.2) is 4.79 Å². The topological polar surface area (TPSA) is 72.2 Å². The van der Waals surface area contributed by atoms with Gasteiger partial charge in [-0.2, -0.15) is 0 Å². The van der Waals surface area contributed by atoms with Gasteiger partial charge in [-0.3, -0.25) is 9.78 Å². The Kier molecular flexibility index (Phi) is 2.44. The molecule has 2 aromatic heterocycles. The summed E-state index contributed by atoms with van der Waals surface area (Å²) >= 11 is 0. The number of aryl methyl sites for hydroxylation is 1. The second kappa shape index (κ2) is 3.77. The van der Waals surface area contributed by atoms with Crippen LogP contribution in [-0.2, 0) is 6.54 Å². The number of pyridine rings is 2. The zero-order valence-electron chi connectivity index (χ0n) is 8.67. The van der Waals surface area contributed by atoms with Crippen LogP contribution in [0.15, 0.2) is 29.3 Å². The highest BCUT2D eigenvalue weighted by atomic mass is 16.4. The van der Waals surface area contributed by atoms with E-state index in [1.807, 2.05) is 6.92 Å². The van der Waals surface area contributed by atoms with Gasteiger partial charge in [-0.15, -0.1) is 0 Å². The van der Waals surface area contributed by atoms with E-state index in [1.165, 1.54) is 12.4 Å². The zero-order chi connectivity index (χ0) is 11.7. The molecule has 5 nitrogen and oxygen atoms in total. The minimum absolute atomic E-state index is 0.198. The number of aromatic nitrogens is 2. The quantitative estimate of drug-likeness (QED) is 0.819. The molecule has 0 spiro atoms. The number of nitrogens with zero attached hydrogens (tertiary/aromatic N) is 2. The molecule has 2 heterocycles. The minimum Gasteiger partial charge on any atom is -0.477 e. The first kappa shape index (κ1) is 10.4. The maximum absolute atomic E-state index is 11.8. The van der Waals surface area contributed by atoms with Crippen molar-refractivity contribution >= 4 is 17.0 Å². The van der Waals surface area contributed by atoms with Gasteiger partial charge in [0, 0.05) is 18.9 Å². The third-order valence-electron chi connectivity index (χ3n) is 2.41. The van der Waals surface area contributed by atoms with Gasteiger partial charge in [-0.1, -0.05) is 0 Å². The first-order chi connectivity index (χ1) is 7.65. The Hall–Kier alpha value is -2.17. The van der Waals surface area contributed by atoms with E-state index < -0.39 is 11.4 Å². The van der Waals surface area contributed by atoms with E-state index in [2.05, 4.69) is 4.98 Å². The van der Waals surface area contributed by atoms with Crippen molar-refractivity contribution in [3.05, 3.63) is 40.3 Å². The van der Waals surface area contributed by atoms with Crippen molar-refractivity contribution in [2.24, 2.45) is 0 Å². The van der Waals surface area contributed by atoms with Gasteiger partial charge < -0.3 is 9.67 Å². The second-order valence-electron chi connectivity index (χ2n) is 3.33. The first-order valence-electron chi connectivity index (χ1n) is 4.86. The van der Waals surface area contributed by atoms with Crippen molar-refractivity contribution in [3.63, 3.8) is 0 Å². The van der Waals surface area contributed by atoms with Crippen LogP contribution in [0.3, 0.4) is 0 Å². The average Bonchev–Trinajstić information content (AvgIpc) is 2.29. The molecule has 0 bridgehead atoms. The maximum Gasteiger partial charge on any atom is 0.341 e. The number of carboxylic acid groups (broad SMARTS) is 1. The number of rotatable bonds is 2. The van der Waals surface area contributed by atoms with Crippen LogP contribution in [0.4, 0.5) is 0 Å². The number of aromatic carboxylic acids is 1. The summed E-state index contributed by atoms with van der Waals surface area (Å²) in [5.41, 5.74) is 0.0742. The van der Waals surface area contributed by atoms with Crippen LogP contribution >= 0.6 is 0 Å². The summed E-state index contributed by atoms with van der Waals surface area (Å²) < 4.78 is 1.70. The molecular weight excluding hydrogens is 208 g/mol. The fourth-order valence-corrected chi connectivity index (χ4v) is 1.63. The number of carbonyl (C=O) groups is 1. The third-order valence-corrected chi connectivity index (χ3v) is 2.41. The van der Waals surface area contributed by atoms with Crippen molar-refractivity contribution in [1.82, 2.24) is 9.55 Å². The molecule has 5 heteroatoms. The Bertz CT molecular complexity index is 616. The lowest BCUT2D eigenvalue weighted by molar-refractivity contribution is 0.0695. The molecule has 2 rings (SSSR count). The van der Waals surface area contributed by atoms with Gasteiger partial charge >= 0.3 is 5.97 Å². The van der Waals surface area contributed by atoms with E-state index >= 15 is 0 Å². The molecule has 0 radical (unpaired) electrons. The first-order valence-corrected chi connectivity index (χ1v) is 4.86. The summed E-state index contributed by atoms with van der Waals surface area (Å²) in [7, 11) is 0. The molecule has 0 saturated carbocycles. The van der Waals surface area contributed by atoms with E-state index in [1.54, 1.807) is 16.7 Å². The lowest BCUT2D eigenvalue weighted by Crippen LogP contribution is -2.19. The number of hydrogen-bond donors (Lipinski definition) is 1. The van der Waals surface area contributed by atoms with Gasteiger partial charge in [0.05, 0.1) is 5.52 Å². The molecule has 0 aromatic carbocycles. The van der Waals surface area contributed by atoms with Gasteiger partial charge in [0.25, 0.3) is 0 Å². The number of carboxylic acids is 1. The van der Waals surface area contributed by atoms with Crippen molar-refractivity contribution < 1.29 is 9.90 Å². The predicted octanol–water partition coefficient (Wildman–Crippen LogP) is 1.11. The van der Waals surface area contributed by atoms with Crippen molar-refractivity contribution in [2.75, 3.05) is 0 Å². The molecule has 0 atom stereocenters. The summed E-state index contributed by atoms with van der Waals surface area (Å²) in [4.78, 5) is 26.6. The van der Waals surface area contributed by atoms with Gasteiger partial charge in [0.2, 0.25) is 5.43 Å². The van der Waals surface area contributed by atoms with Crippen molar-refractivity contribution in [3.8, 4) is 0 Å². The molecule has 0 unspecified atom stereocenters. The number of hydrogen-bond acceptors (Lipinski definition) is 3. The Morgan fingerprint density at radius 1 is 1.56 bits per heavy atom. The highest BCUT2D eigenvalue weighted by Crippen LogP contribution is 2.08. The van der Waals surface area contributed by atoms with Gasteiger partial charge in [0.15, 0.2) is 0 Å². The van der Waals surface area contributed by atoms with E-state index in [0.717, 1.165) is 0 Å². The van der Waals surface area contributed by atoms with Crippen LogP contribution in [0.2, 0.25) is 0 Å². The van der Waals surface area contributed by atoms with Crippen molar-refractivity contribution in [1.29, 1.82) is 0 Å². The summed E-state index contributed by atoms with van der Waals surface area (Å²) in [5.74, 6) is -1.22. The predicted molar refractivity (Wildman–Crippen MR) is 58.6 cm³/mol. The molecule has 0 fully saturated rings. The standard InChI is InChI=1S/C11H10N2O3/c1-2-13-6-7(11(15)16)10(14)9-8(13)4-3-5-12-9/h3-6H,2H2,1H3,(H,15,16). The normalized spacial score (nSPS) is 10.6. The largest absolute Gasteiger partial charge is 0.477 e. The smallest absolute Gasteiger partial charge is 0.341 e.